The summed E-state index contributed by atoms with van der Waals surface area (Å²) >= 11 is 0. The van der Waals surface area contributed by atoms with Crippen molar-refractivity contribution in [1.82, 2.24) is 19.9 Å². The molecule has 4 heterocycles. The minimum Gasteiger partial charge on any atom is -0.256 e. The molecule has 0 N–H and O–H groups in total. The number of nitrogens with zero attached hydrogens (tertiary/aromatic N) is 4. The maximum absolute atomic E-state index is 5.20. The average Bonchev–Trinajstić information content (AvgIpc) is 3.20. The van der Waals surface area contributed by atoms with E-state index in [1.54, 1.807) is 0 Å². The van der Waals surface area contributed by atoms with Gasteiger partial charge in [0.15, 0.2) is 0 Å². The molecule has 50 heavy (non-hydrogen) atoms. The Labute approximate surface area is 288 Å². The van der Waals surface area contributed by atoms with Gasteiger partial charge in [-0.25, -0.2) is 15.0 Å². The van der Waals surface area contributed by atoms with Crippen molar-refractivity contribution in [3.63, 3.8) is 0 Å². The van der Waals surface area contributed by atoms with Gasteiger partial charge in [-0.3, -0.25) is 4.98 Å². The molecular weight excluding hydrogens is 609 g/mol. The fourth-order valence-corrected chi connectivity index (χ4v) is 7.18. The lowest BCUT2D eigenvalue weighted by Gasteiger charge is -2.13. The zero-order chi connectivity index (χ0) is 33.0. The molecule has 6 aromatic carbocycles. The van der Waals surface area contributed by atoms with Crippen LogP contribution in [0.3, 0.4) is 0 Å². The van der Waals surface area contributed by atoms with Crippen molar-refractivity contribution in [2.75, 3.05) is 0 Å². The van der Waals surface area contributed by atoms with Crippen molar-refractivity contribution >= 4 is 54.3 Å². The fourth-order valence-electron chi connectivity index (χ4n) is 7.18. The molecule has 232 valence electrons. The molecule has 10 aromatic rings. The highest BCUT2D eigenvalue weighted by Gasteiger charge is 2.14. The van der Waals surface area contributed by atoms with Crippen LogP contribution in [0.15, 0.2) is 170 Å². The zero-order valence-corrected chi connectivity index (χ0v) is 27.0. The van der Waals surface area contributed by atoms with Gasteiger partial charge < -0.3 is 0 Å². The van der Waals surface area contributed by atoms with E-state index in [2.05, 4.69) is 146 Å². The third-order valence-corrected chi connectivity index (χ3v) is 9.67. The molecule has 0 radical (unpaired) electrons. The molecule has 0 fully saturated rings. The number of fused-ring (bicyclic) bond motifs is 8. The van der Waals surface area contributed by atoms with E-state index in [1.165, 1.54) is 21.5 Å². The van der Waals surface area contributed by atoms with Crippen molar-refractivity contribution in [1.29, 1.82) is 0 Å². The third kappa shape index (κ3) is 4.69. The molecule has 0 amide bonds. The van der Waals surface area contributed by atoms with Gasteiger partial charge in [-0.2, -0.15) is 0 Å². The van der Waals surface area contributed by atoms with Crippen LogP contribution in [-0.4, -0.2) is 19.9 Å². The summed E-state index contributed by atoms with van der Waals surface area (Å²) in [5, 5.41) is 8.13. The van der Waals surface area contributed by atoms with Gasteiger partial charge in [0.05, 0.1) is 39.3 Å². The monoisotopic (exact) mass is 636 g/mol. The summed E-state index contributed by atoms with van der Waals surface area (Å²) < 4.78 is 0. The Morgan fingerprint density at radius 3 is 1.74 bits per heavy atom. The quantitative estimate of drug-likeness (QED) is 0.180. The van der Waals surface area contributed by atoms with Gasteiger partial charge in [-0.05, 0) is 47.2 Å². The van der Waals surface area contributed by atoms with Gasteiger partial charge in [0.2, 0.25) is 0 Å². The number of para-hydroxylation sites is 1. The molecule has 0 saturated heterocycles. The smallest absolute Gasteiger partial charge is 0.0972 e. The van der Waals surface area contributed by atoms with E-state index < -0.39 is 0 Å². The number of hydrogen-bond donors (Lipinski definition) is 0. The zero-order valence-electron chi connectivity index (χ0n) is 27.0. The molecule has 4 nitrogen and oxygen atoms in total. The molecule has 4 heteroatoms. The Kier molecular flexibility index (Phi) is 6.46. The van der Waals surface area contributed by atoms with Crippen molar-refractivity contribution in [3.8, 4) is 45.0 Å². The van der Waals surface area contributed by atoms with Gasteiger partial charge in [-0.15, -0.1) is 0 Å². The molecule has 0 spiro atoms. The van der Waals surface area contributed by atoms with Crippen LogP contribution in [0.2, 0.25) is 0 Å². The second-order valence-electron chi connectivity index (χ2n) is 12.7. The fraction of sp³-hybridized carbons (Fsp3) is 0. The molecule has 0 atom stereocenters. The highest BCUT2D eigenvalue weighted by Crippen LogP contribution is 2.38. The number of pyridine rings is 4. The summed E-state index contributed by atoms with van der Waals surface area (Å²) in [6.07, 6.45) is 1.92. The van der Waals surface area contributed by atoms with Crippen molar-refractivity contribution in [2.24, 2.45) is 0 Å². The van der Waals surface area contributed by atoms with Crippen LogP contribution >= 0.6 is 0 Å². The van der Waals surface area contributed by atoms with Crippen LogP contribution in [0.25, 0.3) is 99.3 Å². The van der Waals surface area contributed by atoms with Crippen molar-refractivity contribution in [3.05, 3.63) is 170 Å². The van der Waals surface area contributed by atoms with Gasteiger partial charge in [0.1, 0.15) is 0 Å². The summed E-state index contributed by atoms with van der Waals surface area (Å²) in [4.78, 5) is 20.3. The first kappa shape index (κ1) is 28.3. The second kappa shape index (κ2) is 11.4. The maximum atomic E-state index is 5.20. The molecule has 10 rings (SSSR count). The summed E-state index contributed by atoms with van der Waals surface area (Å²) in [7, 11) is 0. The molecule has 0 aliphatic carbocycles. The van der Waals surface area contributed by atoms with E-state index >= 15 is 0 Å². The van der Waals surface area contributed by atoms with Crippen LogP contribution in [0.4, 0.5) is 0 Å². The summed E-state index contributed by atoms with van der Waals surface area (Å²) in [6, 6.07) is 57.0. The predicted octanol–water partition coefficient (Wildman–Crippen LogP) is 11.7. The first-order valence-electron chi connectivity index (χ1n) is 16.8. The van der Waals surface area contributed by atoms with E-state index in [0.717, 1.165) is 77.7 Å². The van der Waals surface area contributed by atoms with Gasteiger partial charge in [-0.1, -0.05) is 127 Å². The Bertz CT molecular complexity index is 2900. The first-order chi connectivity index (χ1) is 24.8. The normalized spacial score (nSPS) is 11.6. The summed E-state index contributed by atoms with van der Waals surface area (Å²) in [5.41, 5.74) is 10.6. The number of aromatic nitrogens is 4. The van der Waals surface area contributed by atoms with Gasteiger partial charge >= 0.3 is 0 Å². The molecular formula is C46H28N4. The Morgan fingerprint density at radius 1 is 0.340 bits per heavy atom. The number of hydrogen-bond acceptors (Lipinski definition) is 4. The van der Waals surface area contributed by atoms with E-state index in [4.69, 9.17) is 19.9 Å². The van der Waals surface area contributed by atoms with Crippen LogP contribution in [0, 0.1) is 0 Å². The number of rotatable bonds is 4. The third-order valence-electron chi connectivity index (χ3n) is 9.67. The Balaban J connectivity index is 1.04. The van der Waals surface area contributed by atoms with Crippen LogP contribution in [0.5, 0.6) is 0 Å². The van der Waals surface area contributed by atoms with E-state index in [9.17, 15) is 0 Å². The number of benzene rings is 6. The van der Waals surface area contributed by atoms with E-state index in [-0.39, 0.29) is 0 Å². The second-order valence-corrected chi connectivity index (χ2v) is 12.7. The summed E-state index contributed by atoms with van der Waals surface area (Å²) in [5.74, 6) is 0. The lowest BCUT2D eigenvalue weighted by atomic mass is 9.94. The topological polar surface area (TPSA) is 51.6 Å². The highest BCUT2D eigenvalue weighted by atomic mass is 14.8. The Morgan fingerprint density at radius 2 is 0.960 bits per heavy atom. The first-order valence-corrected chi connectivity index (χ1v) is 16.8. The molecule has 0 unspecified atom stereocenters. The molecule has 0 aliphatic heterocycles. The van der Waals surface area contributed by atoms with E-state index in [0.29, 0.717) is 0 Å². The minimum absolute atomic E-state index is 0.865. The van der Waals surface area contributed by atoms with E-state index in [1.807, 2.05) is 24.4 Å². The van der Waals surface area contributed by atoms with Gasteiger partial charge in [0.25, 0.3) is 0 Å². The van der Waals surface area contributed by atoms with Crippen LogP contribution < -0.4 is 0 Å². The maximum Gasteiger partial charge on any atom is 0.0972 e. The van der Waals surface area contributed by atoms with Crippen molar-refractivity contribution in [2.45, 2.75) is 0 Å². The molecule has 4 aromatic heterocycles. The molecule has 0 aliphatic rings. The predicted molar refractivity (Wildman–Crippen MR) is 207 cm³/mol. The largest absolute Gasteiger partial charge is 0.256 e. The lowest BCUT2D eigenvalue weighted by Crippen LogP contribution is -1.93. The SMILES string of the molecule is c1ccc(-c2ccc3ccc4ccc(-c5ccc(-c6cccc(-c7nc8ccccc8c8c7ccc7ccccc78)c6)nc5)nc4c3n2)cc1. The minimum atomic E-state index is 0.865. The average molecular weight is 637 g/mol. The lowest BCUT2D eigenvalue weighted by molar-refractivity contribution is 1.30. The molecule has 0 saturated carbocycles. The van der Waals surface area contributed by atoms with Crippen LogP contribution in [0.1, 0.15) is 0 Å². The molecule has 0 bridgehead atoms. The van der Waals surface area contributed by atoms with Crippen molar-refractivity contribution < 1.29 is 0 Å². The standard InChI is InChI=1S/C46H28N4/c1-2-10-30(11-3-1)40-25-20-31-17-18-32-21-26-41(49-46(32)45(31)48-40)35-22-24-39(47-28-35)33-12-8-13-34(27-33)44-38-23-19-29-9-4-5-14-36(29)43(38)37-15-6-7-16-42(37)50-44/h1-28H. The Hall–Kier alpha value is -6.78. The highest BCUT2D eigenvalue weighted by molar-refractivity contribution is 6.22. The van der Waals surface area contributed by atoms with Crippen LogP contribution in [-0.2, 0) is 0 Å². The van der Waals surface area contributed by atoms with Gasteiger partial charge in [0, 0.05) is 55.4 Å². The summed E-state index contributed by atoms with van der Waals surface area (Å²) in [6.45, 7) is 0.